The number of imidazole rings is 1. The van der Waals surface area contributed by atoms with Crippen LogP contribution in [0, 0.1) is 5.82 Å². The van der Waals surface area contributed by atoms with Crippen molar-refractivity contribution in [2.75, 3.05) is 5.32 Å². The molecule has 6 heteroatoms. The lowest BCUT2D eigenvalue weighted by molar-refractivity contribution is 0.102. The number of amides is 1. The zero-order valence-electron chi connectivity index (χ0n) is 13.1. The number of nitrogens with zero attached hydrogens (tertiary/aromatic N) is 3. The minimum atomic E-state index is -0.331. The summed E-state index contributed by atoms with van der Waals surface area (Å²) in [6, 6.07) is 14.9. The van der Waals surface area contributed by atoms with E-state index < -0.39 is 0 Å². The highest BCUT2D eigenvalue weighted by Crippen LogP contribution is 2.22. The summed E-state index contributed by atoms with van der Waals surface area (Å²) in [6.45, 7) is 0. The summed E-state index contributed by atoms with van der Waals surface area (Å²) in [5, 5.41) is 2.75. The Morgan fingerprint density at radius 1 is 1.08 bits per heavy atom. The van der Waals surface area contributed by atoms with Crippen LogP contribution in [-0.2, 0) is 0 Å². The van der Waals surface area contributed by atoms with Crippen molar-refractivity contribution in [1.82, 2.24) is 14.4 Å². The number of pyridine rings is 2. The van der Waals surface area contributed by atoms with Gasteiger partial charge >= 0.3 is 0 Å². The third kappa shape index (κ3) is 2.97. The molecule has 122 valence electrons. The van der Waals surface area contributed by atoms with E-state index in [0.29, 0.717) is 28.3 Å². The van der Waals surface area contributed by atoms with E-state index in [9.17, 15) is 9.18 Å². The SMILES string of the molecule is O=C(Nc1ccccn1)c1cccn2cc(-c3cccc(F)c3)nc12. The number of rotatable bonds is 3. The van der Waals surface area contributed by atoms with Crippen LogP contribution in [0.3, 0.4) is 0 Å². The predicted molar refractivity (Wildman–Crippen MR) is 92.8 cm³/mol. The molecule has 0 saturated carbocycles. The first-order valence-corrected chi connectivity index (χ1v) is 7.67. The third-order valence-corrected chi connectivity index (χ3v) is 3.75. The normalized spacial score (nSPS) is 10.8. The fourth-order valence-electron chi connectivity index (χ4n) is 2.60. The zero-order chi connectivity index (χ0) is 17.2. The molecular formula is C19H13FN4O. The van der Waals surface area contributed by atoms with Gasteiger partial charge in [-0.05, 0) is 36.4 Å². The van der Waals surface area contributed by atoms with Crippen LogP contribution < -0.4 is 5.32 Å². The van der Waals surface area contributed by atoms with Gasteiger partial charge in [-0.3, -0.25) is 4.79 Å². The molecule has 0 aliphatic carbocycles. The maximum atomic E-state index is 13.5. The van der Waals surface area contributed by atoms with Crippen LogP contribution in [0.15, 0.2) is 73.2 Å². The highest BCUT2D eigenvalue weighted by atomic mass is 19.1. The zero-order valence-corrected chi connectivity index (χ0v) is 13.1. The van der Waals surface area contributed by atoms with Crippen molar-refractivity contribution in [3.8, 4) is 11.3 Å². The molecule has 25 heavy (non-hydrogen) atoms. The van der Waals surface area contributed by atoms with Crippen molar-refractivity contribution >= 4 is 17.4 Å². The summed E-state index contributed by atoms with van der Waals surface area (Å²) in [7, 11) is 0. The van der Waals surface area contributed by atoms with Gasteiger partial charge in [0.1, 0.15) is 17.3 Å². The summed E-state index contributed by atoms with van der Waals surface area (Å²) < 4.78 is 15.2. The number of hydrogen-bond donors (Lipinski definition) is 1. The second-order valence-corrected chi connectivity index (χ2v) is 5.46. The van der Waals surface area contributed by atoms with Crippen LogP contribution in [-0.4, -0.2) is 20.3 Å². The molecule has 0 fully saturated rings. The van der Waals surface area contributed by atoms with E-state index in [1.54, 1.807) is 65.5 Å². The summed E-state index contributed by atoms with van der Waals surface area (Å²) in [5.74, 6) is -0.172. The first-order valence-electron chi connectivity index (χ1n) is 7.67. The van der Waals surface area contributed by atoms with Crippen molar-refractivity contribution in [1.29, 1.82) is 0 Å². The van der Waals surface area contributed by atoms with Gasteiger partial charge in [0.15, 0.2) is 0 Å². The molecule has 1 N–H and O–H groups in total. The minimum absolute atomic E-state index is 0.305. The fourth-order valence-corrected chi connectivity index (χ4v) is 2.60. The molecule has 5 nitrogen and oxygen atoms in total. The van der Waals surface area contributed by atoms with Crippen LogP contribution in [0.1, 0.15) is 10.4 Å². The number of fused-ring (bicyclic) bond motifs is 1. The van der Waals surface area contributed by atoms with Crippen LogP contribution in [0.4, 0.5) is 10.2 Å². The van der Waals surface area contributed by atoms with E-state index in [4.69, 9.17) is 0 Å². The molecule has 0 spiro atoms. The number of nitrogens with one attached hydrogen (secondary N) is 1. The van der Waals surface area contributed by atoms with Gasteiger partial charge in [-0.2, -0.15) is 0 Å². The van der Waals surface area contributed by atoms with Crippen molar-refractivity contribution in [3.63, 3.8) is 0 Å². The van der Waals surface area contributed by atoms with Crippen molar-refractivity contribution in [2.45, 2.75) is 0 Å². The Balaban J connectivity index is 1.74. The third-order valence-electron chi connectivity index (χ3n) is 3.75. The van der Waals surface area contributed by atoms with Gasteiger partial charge in [0.2, 0.25) is 0 Å². The molecule has 0 bridgehead atoms. The van der Waals surface area contributed by atoms with Crippen molar-refractivity contribution in [3.05, 3.63) is 84.6 Å². The van der Waals surface area contributed by atoms with E-state index in [1.807, 2.05) is 0 Å². The molecule has 0 aliphatic rings. The van der Waals surface area contributed by atoms with E-state index in [0.717, 1.165) is 0 Å². The molecule has 0 saturated heterocycles. The van der Waals surface area contributed by atoms with Gasteiger partial charge in [-0.15, -0.1) is 0 Å². The number of hydrogen-bond acceptors (Lipinski definition) is 3. The summed E-state index contributed by atoms with van der Waals surface area (Å²) in [4.78, 5) is 21.2. The smallest absolute Gasteiger partial charge is 0.260 e. The number of anilines is 1. The van der Waals surface area contributed by atoms with Crippen LogP contribution in [0.25, 0.3) is 16.9 Å². The lowest BCUT2D eigenvalue weighted by Gasteiger charge is -2.05. The largest absolute Gasteiger partial charge is 0.306 e. The highest BCUT2D eigenvalue weighted by molar-refractivity contribution is 6.08. The maximum absolute atomic E-state index is 13.5. The number of carbonyl (C=O) groups is 1. The molecule has 3 aromatic heterocycles. The Bertz CT molecular complexity index is 1060. The van der Waals surface area contributed by atoms with E-state index >= 15 is 0 Å². The van der Waals surface area contributed by atoms with Gasteiger partial charge in [-0.1, -0.05) is 18.2 Å². The van der Waals surface area contributed by atoms with Crippen molar-refractivity contribution in [2.24, 2.45) is 0 Å². The molecule has 4 aromatic rings. The monoisotopic (exact) mass is 332 g/mol. The van der Waals surface area contributed by atoms with E-state index in [2.05, 4.69) is 15.3 Å². The second kappa shape index (κ2) is 6.16. The molecule has 0 radical (unpaired) electrons. The van der Waals surface area contributed by atoms with Gasteiger partial charge < -0.3 is 9.72 Å². The van der Waals surface area contributed by atoms with E-state index in [-0.39, 0.29) is 11.7 Å². The highest BCUT2D eigenvalue weighted by Gasteiger charge is 2.14. The first-order chi connectivity index (χ1) is 12.2. The number of aromatic nitrogens is 3. The molecule has 0 atom stereocenters. The quantitative estimate of drug-likeness (QED) is 0.621. The Morgan fingerprint density at radius 2 is 2.00 bits per heavy atom. The molecule has 4 rings (SSSR count). The number of carbonyl (C=O) groups excluding carboxylic acids is 1. The molecular weight excluding hydrogens is 319 g/mol. The average Bonchev–Trinajstić information content (AvgIpc) is 3.07. The van der Waals surface area contributed by atoms with Gasteiger partial charge in [0, 0.05) is 24.2 Å². The first kappa shape index (κ1) is 15.0. The maximum Gasteiger partial charge on any atom is 0.260 e. The van der Waals surface area contributed by atoms with Crippen LogP contribution in [0.5, 0.6) is 0 Å². The predicted octanol–water partition coefficient (Wildman–Crippen LogP) is 3.79. The van der Waals surface area contributed by atoms with Crippen molar-refractivity contribution < 1.29 is 9.18 Å². The average molecular weight is 332 g/mol. The Hall–Kier alpha value is -3.54. The van der Waals surface area contributed by atoms with Gasteiger partial charge in [0.05, 0.1) is 11.3 Å². The van der Waals surface area contributed by atoms with Gasteiger partial charge in [-0.25, -0.2) is 14.4 Å². The molecule has 0 aliphatic heterocycles. The summed E-state index contributed by atoms with van der Waals surface area (Å²) in [5.41, 5.74) is 2.16. The van der Waals surface area contributed by atoms with Gasteiger partial charge in [0.25, 0.3) is 5.91 Å². The summed E-state index contributed by atoms with van der Waals surface area (Å²) in [6.07, 6.45) is 5.16. The number of halogens is 1. The molecule has 3 heterocycles. The van der Waals surface area contributed by atoms with Crippen LogP contribution in [0.2, 0.25) is 0 Å². The minimum Gasteiger partial charge on any atom is -0.306 e. The summed E-state index contributed by atoms with van der Waals surface area (Å²) >= 11 is 0. The standard InChI is InChI=1S/C19H13FN4O/c20-14-6-3-5-13(11-14)16-12-24-10-4-7-15(18(24)22-16)19(25)23-17-8-1-2-9-21-17/h1-12H,(H,21,23,25). The molecule has 1 amide bonds. The molecule has 1 aromatic carbocycles. The lowest BCUT2D eigenvalue weighted by Crippen LogP contribution is -2.14. The second-order valence-electron chi connectivity index (χ2n) is 5.46. The topological polar surface area (TPSA) is 59.3 Å². The van der Waals surface area contributed by atoms with Crippen LogP contribution >= 0.6 is 0 Å². The Morgan fingerprint density at radius 3 is 2.80 bits per heavy atom. The molecule has 0 unspecified atom stereocenters. The Labute approximate surface area is 142 Å². The lowest BCUT2D eigenvalue weighted by atomic mass is 10.2. The Kier molecular flexibility index (Phi) is 3.70. The number of benzene rings is 1. The van der Waals surface area contributed by atoms with E-state index in [1.165, 1.54) is 12.1 Å². The fraction of sp³-hybridized carbons (Fsp3) is 0.